The average Bonchev–Trinajstić information content (AvgIpc) is 2.47. The zero-order valence-electron chi connectivity index (χ0n) is 13.0. The van der Waals surface area contributed by atoms with Gasteiger partial charge in [-0.15, -0.1) is 0 Å². The van der Waals surface area contributed by atoms with Crippen molar-refractivity contribution in [3.05, 3.63) is 34.1 Å². The molecule has 1 unspecified atom stereocenters. The second kappa shape index (κ2) is 11.2. The molecule has 0 saturated heterocycles. The summed E-state index contributed by atoms with van der Waals surface area (Å²) in [6, 6.07) is 5.09. The maximum absolute atomic E-state index is 13.1. The van der Waals surface area contributed by atoms with Crippen LogP contribution in [0.4, 0.5) is 4.39 Å². The monoisotopic (exact) mass is 358 g/mol. The van der Waals surface area contributed by atoms with Gasteiger partial charge < -0.3 is 0 Å². The molecular formula is C17H28BrFN2. The molecule has 4 heteroatoms. The Kier molecular flexibility index (Phi) is 9.89. The van der Waals surface area contributed by atoms with Crippen molar-refractivity contribution in [2.75, 3.05) is 0 Å². The van der Waals surface area contributed by atoms with E-state index in [1.54, 1.807) is 0 Å². The van der Waals surface area contributed by atoms with Crippen molar-refractivity contribution in [3.8, 4) is 0 Å². The Morgan fingerprint density at radius 2 is 1.81 bits per heavy atom. The largest absolute Gasteiger partial charge is 0.271 e. The Hall–Kier alpha value is -0.450. The van der Waals surface area contributed by atoms with E-state index in [1.165, 1.54) is 57.1 Å². The van der Waals surface area contributed by atoms with Crippen molar-refractivity contribution in [2.45, 2.75) is 70.8 Å². The van der Waals surface area contributed by atoms with Crippen LogP contribution in [0.15, 0.2) is 22.7 Å². The van der Waals surface area contributed by atoms with Gasteiger partial charge in [-0.2, -0.15) is 0 Å². The standard InChI is InChI=1S/C17H28BrFN2/c1-2-3-4-5-6-7-8-9-16(21-20)12-14-10-11-15(19)13-17(14)18/h10-11,13,16,21H,2-9,12,20H2,1H3. The number of nitrogens with two attached hydrogens (primary N) is 1. The fourth-order valence-electron chi connectivity index (χ4n) is 2.54. The Labute approximate surface area is 136 Å². The minimum absolute atomic E-state index is 0.213. The molecule has 0 bridgehead atoms. The van der Waals surface area contributed by atoms with Crippen molar-refractivity contribution < 1.29 is 4.39 Å². The number of hydrogen-bond donors (Lipinski definition) is 2. The number of benzene rings is 1. The normalized spacial score (nSPS) is 12.6. The SMILES string of the molecule is CCCCCCCCCC(Cc1ccc(F)cc1Br)NN. The number of halogens is 2. The van der Waals surface area contributed by atoms with E-state index >= 15 is 0 Å². The van der Waals surface area contributed by atoms with Crippen molar-refractivity contribution in [1.82, 2.24) is 5.43 Å². The van der Waals surface area contributed by atoms with Gasteiger partial charge in [0.2, 0.25) is 0 Å². The summed E-state index contributed by atoms with van der Waals surface area (Å²) in [7, 11) is 0. The third-order valence-electron chi connectivity index (χ3n) is 3.87. The van der Waals surface area contributed by atoms with Gasteiger partial charge in [-0.05, 0) is 30.5 Å². The van der Waals surface area contributed by atoms with Crippen LogP contribution in [0.5, 0.6) is 0 Å². The van der Waals surface area contributed by atoms with Crippen molar-refractivity contribution in [3.63, 3.8) is 0 Å². The van der Waals surface area contributed by atoms with Crippen molar-refractivity contribution in [1.29, 1.82) is 0 Å². The van der Waals surface area contributed by atoms with Crippen LogP contribution in [0.1, 0.15) is 63.9 Å². The molecule has 3 N–H and O–H groups in total. The number of hydrogen-bond acceptors (Lipinski definition) is 2. The summed E-state index contributed by atoms with van der Waals surface area (Å²) in [5, 5.41) is 0. The van der Waals surface area contributed by atoms with Crippen molar-refractivity contribution >= 4 is 15.9 Å². The quantitative estimate of drug-likeness (QED) is 0.328. The Morgan fingerprint density at radius 3 is 2.43 bits per heavy atom. The van der Waals surface area contributed by atoms with Gasteiger partial charge in [-0.3, -0.25) is 11.3 Å². The van der Waals surface area contributed by atoms with Gasteiger partial charge in [0, 0.05) is 10.5 Å². The van der Waals surface area contributed by atoms with E-state index in [0.717, 1.165) is 22.9 Å². The number of rotatable bonds is 11. The first kappa shape index (κ1) is 18.6. The topological polar surface area (TPSA) is 38.0 Å². The maximum atomic E-state index is 13.1. The van der Waals surface area contributed by atoms with Gasteiger partial charge in [0.05, 0.1) is 0 Å². The van der Waals surface area contributed by atoms with E-state index < -0.39 is 0 Å². The molecule has 0 fully saturated rings. The molecule has 0 aliphatic heterocycles. The molecule has 0 aliphatic rings. The third kappa shape index (κ3) is 7.93. The zero-order valence-corrected chi connectivity index (χ0v) is 14.6. The zero-order chi connectivity index (χ0) is 15.5. The lowest BCUT2D eigenvalue weighted by Crippen LogP contribution is -2.36. The molecule has 21 heavy (non-hydrogen) atoms. The molecule has 0 radical (unpaired) electrons. The van der Waals surface area contributed by atoms with Gasteiger partial charge in [0.1, 0.15) is 5.82 Å². The fraction of sp³-hybridized carbons (Fsp3) is 0.647. The van der Waals surface area contributed by atoms with Crippen LogP contribution in [0.25, 0.3) is 0 Å². The lowest BCUT2D eigenvalue weighted by molar-refractivity contribution is 0.458. The molecule has 2 nitrogen and oxygen atoms in total. The highest BCUT2D eigenvalue weighted by atomic mass is 79.9. The smallest absolute Gasteiger partial charge is 0.124 e. The predicted molar refractivity (Wildman–Crippen MR) is 91.5 cm³/mol. The summed E-state index contributed by atoms with van der Waals surface area (Å²) < 4.78 is 13.9. The molecule has 1 aromatic carbocycles. The summed E-state index contributed by atoms with van der Waals surface area (Å²) >= 11 is 3.41. The van der Waals surface area contributed by atoms with Gasteiger partial charge in [0.25, 0.3) is 0 Å². The highest BCUT2D eigenvalue weighted by Crippen LogP contribution is 2.21. The number of nitrogens with one attached hydrogen (secondary N) is 1. The molecule has 0 spiro atoms. The van der Waals surface area contributed by atoms with Crippen LogP contribution in [-0.2, 0) is 6.42 Å². The van der Waals surface area contributed by atoms with Crippen molar-refractivity contribution in [2.24, 2.45) is 5.84 Å². The van der Waals surface area contributed by atoms with E-state index in [9.17, 15) is 4.39 Å². The first-order valence-corrected chi connectivity index (χ1v) is 8.86. The van der Waals surface area contributed by atoms with E-state index in [-0.39, 0.29) is 11.9 Å². The molecule has 0 saturated carbocycles. The molecule has 0 aromatic heterocycles. The third-order valence-corrected chi connectivity index (χ3v) is 4.61. The minimum atomic E-state index is -0.213. The van der Waals surface area contributed by atoms with E-state index in [1.807, 2.05) is 6.07 Å². The molecule has 0 heterocycles. The summed E-state index contributed by atoms with van der Waals surface area (Å²) in [6.45, 7) is 2.24. The number of unbranched alkanes of at least 4 members (excludes halogenated alkanes) is 6. The predicted octanol–water partition coefficient (Wildman–Crippen LogP) is 5.10. The minimum Gasteiger partial charge on any atom is -0.271 e. The van der Waals surface area contributed by atoms with E-state index in [2.05, 4.69) is 28.3 Å². The Morgan fingerprint density at radius 1 is 1.14 bits per heavy atom. The molecule has 0 amide bonds. The van der Waals surface area contributed by atoms with Crippen LogP contribution >= 0.6 is 15.9 Å². The van der Waals surface area contributed by atoms with Crippen LogP contribution < -0.4 is 11.3 Å². The molecule has 1 rings (SSSR count). The number of hydrazine groups is 1. The Balaban J connectivity index is 2.25. The fourth-order valence-corrected chi connectivity index (χ4v) is 3.06. The second-order valence-electron chi connectivity index (χ2n) is 5.71. The molecule has 120 valence electrons. The van der Waals surface area contributed by atoms with Crippen LogP contribution in [0.3, 0.4) is 0 Å². The summed E-state index contributed by atoms with van der Waals surface area (Å²) in [5.74, 6) is 5.43. The summed E-state index contributed by atoms with van der Waals surface area (Å²) in [6.07, 6.45) is 11.0. The first-order valence-electron chi connectivity index (χ1n) is 8.07. The van der Waals surface area contributed by atoms with Crippen LogP contribution in [0.2, 0.25) is 0 Å². The van der Waals surface area contributed by atoms with E-state index in [0.29, 0.717) is 0 Å². The molecule has 0 aliphatic carbocycles. The molecule has 1 aromatic rings. The average molecular weight is 359 g/mol. The van der Waals surface area contributed by atoms with Gasteiger partial charge in [-0.1, -0.05) is 73.9 Å². The molecular weight excluding hydrogens is 331 g/mol. The van der Waals surface area contributed by atoms with Gasteiger partial charge in [-0.25, -0.2) is 4.39 Å². The lowest BCUT2D eigenvalue weighted by Gasteiger charge is -2.16. The second-order valence-corrected chi connectivity index (χ2v) is 6.57. The Bertz CT molecular complexity index is 398. The summed E-state index contributed by atoms with van der Waals surface area (Å²) in [4.78, 5) is 0. The van der Waals surface area contributed by atoms with Gasteiger partial charge >= 0.3 is 0 Å². The highest BCUT2D eigenvalue weighted by molar-refractivity contribution is 9.10. The van der Waals surface area contributed by atoms with Gasteiger partial charge in [0.15, 0.2) is 0 Å². The van der Waals surface area contributed by atoms with Crippen LogP contribution in [0, 0.1) is 5.82 Å². The van der Waals surface area contributed by atoms with E-state index in [4.69, 9.17) is 5.84 Å². The summed E-state index contributed by atoms with van der Waals surface area (Å²) in [5.41, 5.74) is 3.99. The molecule has 1 atom stereocenters. The highest BCUT2D eigenvalue weighted by Gasteiger charge is 2.10. The maximum Gasteiger partial charge on any atom is 0.124 e. The van der Waals surface area contributed by atoms with Crippen LogP contribution in [-0.4, -0.2) is 6.04 Å². The first-order chi connectivity index (χ1) is 10.2. The lowest BCUT2D eigenvalue weighted by atomic mass is 10.00.